The van der Waals surface area contributed by atoms with Crippen LogP contribution < -0.4 is 10.6 Å². The van der Waals surface area contributed by atoms with Gasteiger partial charge in [0.2, 0.25) is 5.91 Å². The van der Waals surface area contributed by atoms with Gasteiger partial charge in [0.25, 0.3) is 0 Å². The van der Waals surface area contributed by atoms with Gasteiger partial charge in [0, 0.05) is 17.3 Å². The van der Waals surface area contributed by atoms with Gasteiger partial charge in [0.1, 0.15) is 6.54 Å². The Morgan fingerprint density at radius 3 is 2.61 bits per heavy atom. The van der Waals surface area contributed by atoms with Crippen LogP contribution in [0.15, 0.2) is 64.9 Å². The first kappa shape index (κ1) is 18.2. The largest absolute Gasteiger partial charge is 0.350 e. The number of aromatic nitrogens is 3. The summed E-state index contributed by atoms with van der Waals surface area (Å²) in [7, 11) is -3.35. The molecule has 3 aromatic rings. The van der Waals surface area contributed by atoms with Gasteiger partial charge in [-0.25, -0.2) is 17.9 Å². The van der Waals surface area contributed by atoms with Crippen molar-refractivity contribution < 1.29 is 13.2 Å². The van der Waals surface area contributed by atoms with Crippen molar-refractivity contribution in [2.45, 2.75) is 19.5 Å². The van der Waals surface area contributed by atoms with Crippen LogP contribution >= 0.6 is 0 Å². The highest BCUT2D eigenvalue weighted by atomic mass is 32.2. The lowest BCUT2D eigenvalue weighted by molar-refractivity contribution is -0.119. The van der Waals surface area contributed by atoms with Crippen molar-refractivity contribution in [3.8, 4) is 0 Å². The first-order valence-electron chi connectivity index (χ1n) is 8.68. The van der Waals surface area contributed by atoms with Crippen LogP contribution in [0.1, 0.15) is 5.56 Å². The number of fused-ring (bicyclic) bond motifs is 1. The van der Waals surface area contributed by atoms with Crippen molar-refractivity contribution in [2.24, 2.45) is 0 Å². The number of hydrogen-bond donors (Lipinski definition) is 0. The molecule has 3 heterocycles. The summed E-state index contributed by atoms with van der Waals surface area (Å²) >= 11 is 0. The van der Waals surface area contributed by atoms with E-state index in [-0.39, 0.29) is 12.3 Å². The van der Waals surface area contributed by atoms with E-state index in [4.69, 9.17) is 0 Å². The monoisotopic (exact) mass is 398 g/mol. The van der Waals surface area contributed by atoms with Gasteiger partial charge >= 0.3 is 5.69 Å². The molecule has 0 saturated heterocycles. The third kappa shape index (κ3) is 3.36. The molecule has 2 aromatic heterocycles. The van der Waals surface area contributed by atoms with E-state index in [1.807, 2.05) is 19.1 Å². The molecule has 1 atom stereocenters. The van der Waals surface area contributed by atoms with E-state index in [9.17, 15) is 18.0 Å². The molecule has 0 radical (unpaired) electrons. The fraction of sp³-hybridized carbons (Fsp3) is 0.211. The molecule has 1 unspecified atom stereocenters. The minimum absolute atomic E-state index is 0.188. The van der Waals surface area contributed by atoms with Crippen LogP contribution in [-0.2, 0) is 21.2 Å². The lowest BCUT2D eigenvalue weighted by Crippen LogP contribution is -2.44. The third-order valence-electron chi connectivity index (χ3n) is 4.60. The van der Waals surface area contributed by atoms with E-state index < -0.39 is 27.5 Å². The van der Waals surface area contributed by atoms with Crippen LogP contribution in [0.3, 0.4) is 0 Å². The van der Waals surface area contributed by atoms with Crippen molar-refractivity contribution in [1.29, 1.82) is 0 Å². The van der Waals surface area contributed by atoms with Gasteiger partial charge in [-0.1, -0.05) is 23.8 Å². The lowest BCUT2D eigenvalue weighted by Gasteiger charge is -2.27. The summed E-state index contributed by atoms with van der Waals surface area (Å²) in [6, 6.07) is 11.7. The number of pyridine rings is 1. The Balaban J connectivity index is 1.70. The molecule has 9 heteroatoms. The Morgan fingerprint density at radius 1 is 1.21 bits per heavy atom. The first-order valence-corrected chi connectivity index (χ1v) is 10.4. The van der Waals surface area contributed by atoms with Crippen molar-refractivity contribution in [1.82, 2.24) is 14.2 Å². The van der Waals surface area contributed by atoms with Gasteiger partial charge in [0.05, 0.1) is 11.8 Å². The van der Waals surface area contributed by atoms with Crippen molar-refractivity contribution >= 4 is 27.1 Å². The van der Waals surface area contributed by atoms with Crippen molar-refractivity contribution in [3.05, 3.63) is 76.2 Å². The van der Waals surface area contributed by atoms with Gasteiger partial charge in [-0.15, -0.1) is 5.10 Å². The van der Waals surface area contributed by atoms with Gasteiger partial charge in [-0.05, 0) is 37.3 Å². The van der Waals surface area contributed by atoms with Gasteiger partial charge in [0.15, 0.2) is 15.5 Å². The zero-order chi connectivity index (χ0) is 19.9. The summed E-state index contributed by atoms with van der Waals surface area (Å²) in [6.07, 6.45) is 3.08. The van der Waals surface area contributed by atoms with Crippen LogP contribution in [0.5, 0.6) is 0 Å². The number of rotatable bonds is 4. The van der Waals surface area contributed by atoms with E-state index >= 15 is 0 Å². The number of carbonyl (C=O) groups excluding carboxylic acids is 1. The highest BCUT2D eigenvalue weighted by Gasteiger charge is 2.32. The van der Waals surface area contributed by atoms with Gasteiger partial charge in [-0.2, -0.15) is 0 Å². The minimum Gasteiger partial charge on any atom is -0.303 e. The summed E-state index contributed by atoms with van der Waals surface area (Å²) in [4.78, 5) is 27.0. The second kappa shape index (κ2) is 6.75. The van der Waals surface area contributed by atoms with Crippen LogP contribution in [-0.4, -0.2) is 40.3 Å². The molecule has 0 bridgehead atoms. The van der Waals surface area contributed by atoms with Crippen LogP contribution in [0, 0.1) is 6.92 Å². The molecule has 28 heavy (non-hydrogen) atoms. The number of amides is 1. The van der Waals surface area contributed by atoms with Crippen LogP contribution in [0.2, 0.25) is 0 Å². The summed E-state index contributed by atoms with van der Waals surface area (Å²) < 4.78 is 26.2. The third-order valence-corrected chi connectivity index (χ3v) is 5.97. The van der Waals surface area contributed by atoms with Gasteiger partial charge < -0.3 is 4.90 Å². The molecule has 0 saturated carbocycles. The molecule has 4 rings (SSSR count). The predicted octanol–water partition coefficient (Wildman–Crippen LogP) is 1.15. The maximum absolute atomic E-state index is 13.1. The maximum Gasteiger partial charge on any atom is 0.350 e. The standard InChI is InChI=1S/C19H18N4O4S/c1-14-5-7-15(8-6-14)23(16-9-11-28(26,27)13-16)18(24)12-22-19(25)21-10-3-2-4-17(21)20-22/h2-11,16H,12-13H2,1H3. The lowest BCUT2D eigenvalue weighted by atomic mass is 10.1. The molecule has 0 N–H and O–H groups in total. The number of benzene rings is 1. The number of anilines is 1. The minimum atomic E-state index is -3.35. The number of nitrogens with zero attached hydrogens (tertiary/aromatic N) is 4. The Labute approximate surface area is 161 Å². The molecular weight excluding hydrogens is 380 g/mol. The summed E-state index contributed by atoms with van der Waals surface area (Å²) in [5, 5.41) is 5.31. The summed E-state index contributed by atoms with van der Waals surface area (Å²) in [5.74, 6) is -0.603. The number of carbonyl (C=O) groups is 1. The quantitative estimate of drug-likeness (QED) is 0.657. The highest BCUT2D eigenvalue weighted by molar-refractivity contribution is 7.94. The highest BCUT2D eigenvalue weighted by Crippen LogP contribution is 2.23. The molecule has 1 aliphatic rings. The van der Waals surface area contributed by atoms with E-state index in [0.717, 1.165) is 15.7 Å². The smallest absolute Gasteiger partial charge is 0.303 e. The Bertz CT molecular complexity index is 1240. The molecule has 8 nitrogen and oxygen atoms in total. The molecule has 0 fully saturated rings. The van der Waals surface area contributed by atoms with E-state index in [0.29, 0.717) is 11.3 Å². The number of hydrogen-bond acceptors (Lipinski definition) is 5. The zero-order valence-electron chi connectivity index (χ0n) is 15.1. The molecule has 1 aromatic carbocycles. The molecule has 0 spiro atoms. The topological polar surface area (TPSA) is 93.8 Å². The number of aryl methyl sites for hydroxylation is 1. The average molecular weight is 398 g/mol. The molecular formula is C19H18N4O4S. The zero-order valence-corrected chi connectivity index (χ0v) is 15.9. The SMILES string of the molecule is Cc1ccc(N(C(=O)Cn2nc3ccccn3c2=O)C2C=CS(=O)(=O)C2)cc1. The summed E-state index contributed by atoms with van der Waals surface area (Å²) in [5.41, 5.74) is 1.59. The van der Waals surface area contributed by atoms with Crippen LogP contribution in [0.25, 0.3) is 5.65 Å². The van der Waals surface area contributed by atoms with Gasteiger partial charge in [-0.3, -0.25) is 9.20 Å². The Kier molecular flexibility index (Phi) is 4.38. The first-order chi connectivity index (χ1) is 13.3. The normalized spacial score (nSPS) is 17.8. The number of sulfone groups is 1. The van der Waals surface area contributed by atoms with Crippen molar-refractivity contribution in [3.63, 3.8) is 0 Å². The van der Waals surface area contributed by atoms with Crippen molar-refractivity contribution in [2.75, 3.05) is 10.7 Å². The average Bonchev–Trinajstić information content (AvgIpc) is 3.17. The predicted molar refractivity (Wildman–Crippen MR) is 105 cm³/mol. The molecule has 0 aliphatic carbocycles. The summed E-state index contributed by atoms with van der Waals surface area (Å²) in [6.45, 7) is 1.63. The Hall–Kier alpha value is -3.20. The second-order valence-electron chi connectivity index (χ2n) is 6.69. The second-order valence-corrected chi connectivity index (χ2v) is 8.62. The fourth-order valence-electron chi connectivity index (χ4n) is 3.22. The maximum atomic E-state index is 13.1. The van der Waals surface area contributed by atoms with Crippen LogP contribution in [0.4, 0.5) is 5.69 Å². The molecule has 1 aliphatic heterocycles. The van der Waals surface area contributed by atoms with E-state index in [1.165, 1.54) is 15.4 Å². The molecule has 1 amide bonds. The van der Waals surface area contributed by atoms with E-state index in [1.54, 1.807) is 36.5 Å². The fourth-order valence-corrected chi connectivity index (χ4v) is 4.49. The Morgan fingerprint density at radius 2 is 1.96 bits per heavy atom. The van der Waals surface area contributed by atoms with E-state index in [2.05, 4.69) is 5.10 Å². The molecule has 144 valence electrons.